The maximum atomic E-state index is 12.1. The van der Waals surface area contributed by atoms with Gasteiger partial charge < -0.3 is 5.32 Å². The van der Waals surface area contributed by atoms with E-state index in [9.17, 15) is 4.79 Å². The Morgan fingerprint density at radius 1 is 1.12 bits per heavy atom. The van der Waals surface area contributed by atoms with E-state index in [1.807, 2.05) is 0 Å². The summed E-state index contributed by atoms with van der Waals surface area (Å²) in [6.45, 7) is 2.23. The molecule has 3 saturated carbocycles. The summed E-state index contributed by atoms with van der Waals surface area (Å²) in [4.78, 5) is 12.1. The van der Waals surface area contributed by atoms with Crippen molar-refractivity contribution in [2.24, 2.45) is 23.7 Å². The Morgan fingerprint density at radius 2 is 1.88 bits per heavy atom. The van der Waals surface area contributed by atoms with Gasteiger partial charge in [-0.15, -0.1) is 0 Å². The molecule has 0 radical (unpaired) electrons. The normalized spacial score (nSPS) is 38.5. The van der Waals surface area contributed by atoms with Gasteiger partial charge in [0.1, 0.15) is 0 Å². The first-order valence-corrected chi connectivity index (χ1v) is 7.54. The van der Waals surface area contributed by atoms with Crippen LogP contribution in [0.25, 0.3) is 0 Å². The molecule has 0 unspecified atom stereocenters. The van der Waals surface area contributed by atoms with Crippen molar-refractivity contribution in [1.29, 1.82) is 0 Å². The van der Waals surface area contributed by atoms with Crippen LogP contribution in [-0.4, -0.2) is 11.9 Å². The molecule has 3 fully saturated rings. The molecule has 17 heavy (non-hydrogen) atoms. The molecular formula is C15H25NO. The van der Waals surface area contributed by atoms with Gasteiger partial charge in [0.15, 0.2) is 0 Å². The summed E-state index contributed by atoms with van der Waals surface area (Å²) in [6, 6.07) is 0.415. The highest BCUT2D eigenvalue weighted by Crippen LogP contribution is 2.49. The maximum Gasteiger partial charge on any atom is 0.223 e. The molecular weight excluding hydrogens is 210 g/mol. The van der Waals surface area contributed by atoms with Gasteiger partial charge >= 0.3 is 0 Å². The van der Waals surface area contributed by atoms with Crippen LogP contribution in [0.15, 0.2) is 0 Å². The van der Waals surface area contributed by atoms with E-state index in [1.165, 1.54) is 38.5 Å². The number of carbonyl (C=O) groups is 1. The Labute approximate surface area is 105 Å². The molecule has 2 bridgehead atoms. The molecule has 0 saturated heterocycles. The second kappa shape index (κ2) is 4.62. The quantitative estimate of drug-likeness (QED) is 0.800. The maximum absolute atomic E-state index is 12.1. The third kappa shape index (κ3) is 2.23. The Bertz CT molecular complexity index is 295. The number of nitrogens with one attached hydrogen (secondary N) is 1. The fraction of sp³-hybridized carbons (Fsp3) is 0.933. The zero-order valence-corrected chi connectivity index (χ0v) is 11.0. The molecule has 0 heterocycles. The molecule has 0 aromatic heterocycles. The van der Waals surface area contributed by atoms with Gasteiger partial charge in [-0.3, -0.25) is 4.79 Å². The highest BCUT2D eigenvalue weighted by Gasteiger charge is 2.42. The SMILES string of the molecule is C[C@@H](NC(=O)C1CCCC1)[C@H]1C[C@H]2CC[C@H]1C2. The van der Waals surface area contributed by atoms with Crippen molar-refractivity contribution in [2.75, 3.05) is 0 Å². The molecule has 3 aliphatic rings. The smallest absolute Gasteiger partial charge is 0.223 e. The zero-order valence-electron chi connectivity index (χ0n) is 11.0. The Hall–Kier alpha value is -0.530. The van der Waals surface area contributed by atoms with Gasteiger partial charge in [0, 0.05) is 12.0 Å². The number of carbonyl (C=O) groups excluding carboxylic acids is 1. The molecule has 2 heteroatoms. The summed E-state index contributed by atoms with van der Waals surface area (Å²) in [6.07, 6.45) is 10.4. The average Bonchev–Trinajstić information content (AvgIpc) is 3.05. The Kier molecular flexibility index (Phi) is 3.14. The van der Waals surface area contributed by atoms with Crippen LogP contribution in [0.4, 0.5) is 0 Å². The molecule has 3 aliphatic carbocycles. The lowest BCUT2D eigenvalue weighted by molar-refractivity contribution is -0.125. The molecule has 1 N–H and O–H groups in total. The van der Waals surface area contributed by atoms with E-state index >= 15 is 0 Å². The first-order valence-electron chi connectivity index (χ1n) is 7.54. The second-order valence-electron chi connectivity index (χ2n) is 6.62. The molecule has 0 aliphatic heterocycles. The van der Waals surface area contributed by atoms with E-state index in [1.54, 1.807) is 0 Å². The molecule has 4 atom stereocenters. The number of hydrogen-bond donors (Lipinski definition) is 1. The summed E-state index contributed by atoms with van der Waals surface area (Å²) in [5.74, 6) is 3.35. The molecule has 0 spiro atoms. The predicted octanol–water partition coefficient (Wildman–Crippen LogP) is 3.12. The fourth-order valence-corrected chi connectivity index (χ4v) is 4.54. The minimum absolute atomic E-state index is 0.330. The lowest BCUT2D eigenvalue weighted by Gasteiger charge is -2.29. The lowest BCUT2D eigenvalue weighted by Crippen LogP contribution is -2.42. The first kappa shape index (κ1) is 11.6. The van der Waals surface area contributed by atoms with E-state index in [4.69, 9.17) is 0 Å². The van der Waals surface area contributed by atoms with E-state index in [2.05, 4.69) is 12.2 Å². The summed E-state index contributed by atoms with van der Waals surface area (Å²) >= 11 is 0. The van der Waals surface area contributed by atoms with Gasteiger partial charge in [-0.1, -0.05) is 19.3 Å². The van der Waals surface area contributed by atoms with Crippen LogP contribution in [0.2, 0.25) is 0 Å². The van der Waals surface area contributed by atoms with Crippen molar-refractivity contribution in [1.82, 2.24) is 5.32 Å². The third-order valence-electron chi connectivity index (χ3n) is 5.53. The van der Waals surface area contributed by atoms with Gasteiger partial charge in [-0.2, -0.15) is 0 Å². The lowest BCUT2D eigenvalue weighted by atomic mass is 9.84. The van der Waals surface area contributed by atoms with Gasteiger partial charge in [0.25, 0.3) is 0 Å². The fourth-order valence-electron chi connectivity index (χ4n) is 4.54. The average molecular weight is 235 g/mol. The molecule has 0 aromatic rings. The van der Waals surface area contributed by atoms with Gasteiger partial charge in [0.05, 0.1) is 0 Å². The van der Waals surface area contributed by atoms with Crippen molar-refractivity contribution < 1.29 is 4.79 Å². The number of fused-ring (bicyclic) bond motifs is 2. The minimum atomic E-state index is 0.330. The largest absolute Gasteiger partial charge is 0.353 e. The molecule has 2 nitrogen and oxygen atoms in total. The van der Waals surface area contributed by atoms with Crippen molar-refractivity contribution in [3.63, 3.8) is 0 Å². The summed E-state index contributed by atoms with van der Waals surface area (Å²) in [5.41, 5.74) is 0. The number of hydrogen-bond acceptors (Lipinski definition) is 1. The molecule has 1 amide bonds. The van der Waals surface area contributed by atoms with E-state index in [-0.39, 0.29) is 0 Å². The Balaban J connectivity index is 1.52. The van der Waals surface area contributed by atoms with Crippen LogP contribution >= 0.6 is 0 Å². The van der Waals surface area contributed by atoms with Crippen LogP contribution in [0.5, 0.6) is 0 Å². The topological polar surface area (TPSA) is 29.1 Å². The van der Waals surface area contributed by atoms with Crippen molar-refractivity contribution in [3.05, 3.63) is 0 Å². The summed E-state index contributed by atoms with van der Waals surface area (Å²) in [5, 5.41) is 3.31. The summed E-state index contributed by atoms with van der Waals surface area (Å²) in [7, 11) is 0. The predicted molar refractivity (Wildman–Crippen MR) is 68.5 cm³/mol. The van der Waals surface area contributed by atoms with Gasteiger partial charge in [0.2, 0.25) is 5.91 Å². The van der Waals surface area contributed by atoms with Crippen LogP contribution in [0, 0.1) is 23.7 Å². The van der Waals surface area contributed by atoms with Crippen molar-refractivity contribution in [3.8, 4) is 0 Å². The summed E-state index contributed by atoms with van der Waals surface area (Å²) < 4.78 is 0. The monoisotopic (exact) mass is 235 g/mol. The molecule has 96 valence electrons. The highest BCUT2D eigenvalue weighted by molar-refractivity contribution is 5.79. The second-order valence-corrected chi connectivity index (χ2v) is 6.62. The van der Waals surface area contributed by atoms with Crippen molar-refractivity contribution in [2.45, 2.75) is 64.3 Å². The van der Waals surface area contributed by atoms with Crippen LogP contribution in [-0.2, 0) is 4.79 Å². The molecule has 0 aromatic carbocycles. The van der Waals surface area contributed by atoms with Gasteiger partial charge in [-0.05, 0) is 56.8 Å². The first-order chi connectivity index (χ1) is 8.24. The third-order valence-corrected chi connectivity index (χ3v) is 5.53. The van der Waals surface area contributed by atoms with E-state index < -0.39 is 0 Å². The molecule has 3 rings (SSSR count). The van der Waals surface area contributed by atoms with Crippen molar-refractivity contribution >= 4 is 5.91 Å². The van der Waals surface area contributed by atoms with E-state index in [0.29, 0.717) is 17.9 Å². The van der Waals surface area contributed by atoms with Gasteiger partial charge in [-0.25, -0.2) is 0 Å². The van der Waals surface area contributed by atoms with Crippen LogP contribution < -0.4 is 5.32 Å². The highest BCUT2D eigenvalue weighted by atomic mass is 16.1. The Morgan fingerprint density at radius 3 is 2.47 bits per heavy atom. The van der Waals surface area contributed by atoms with Crippen LogP contribution in [0.1, 0.15) is 58.3 Å². The zero-order chi connectivity index (χ0) is 11.8. The van der Waals surface area contributed by atoms with E-state index in [0.717, 1.165) is 30.6 Å². The number of amides is 1. The standard InChI is InChI=1S/C15H25NO/c1-10(14-9-11-6-7-13(14)8-11)16-15(17)12-4-2-3-5-12/h10-14H,2-9H2,1H3,(H,16,17)/t10-,11+,13+,14-/m1/s1. The minimum Gasteiger partial charge on any atom is -0.353 e. The number of rotatable bonds is 3. The van der Waals surface area contributed by atoms with Crippen LogP contribution in [0.3, 0.4) is 0 Å².